The van der Waals surface area contributed by atoms with Crippen LogP contribution in [0.25, 0.3) is 0 Å². The third kappa shape index (κ3) is 3.03. The van der Waals surface area contributed by atoms with E-state index in [4.69, 9.17) is 0 Å². The zero-order chi connectivity index (χ0) is 11.5. The second kappa shape index (κ2) is 5.25. The van der Waals surface area contributed by atoms with Gasteiger partial charge >= 0.3 is 0 Å². The van der Waals surface area contributed by atoms with Gasteiger partial charge in [0.05, 0.1) is 6.10 Å². The molecule has 88 valence electrons. The first kappa shape index (κ1) is 12.0. The van der Waals surface area contributed by atoms with Crippen LogP contribution in [-0.2, 0) is 6.54 Å². The summed E-state index contributed by atoms with van der Waals surface area (Å²) in [6, 6.07) is 5.12. The van der Waals surface area contributed by atoms with Crippen LogP contribution in [0.1, 0.15) is 18.4 Å². The van der Waals surface area contributed by atoms with Crippen molar-refractivity contribution in [1.29, 1.82) is 0 Å². The Labute approximate surface area is 103 Å². The molecular formula is C12H15BrFNO. The standard InChI is InChI=1S/C12H15BrFNO/c13-10-4-3-9(12(14)6-10)7-15-5-1-2-11(16)8-15/h3-4,6,11,16H,1-2,5,7-8H2. The Balaban J connectivity index is 2.02. The van der Waals surface area contributed by atoms with Crippen LogP contribution in [0, 0.1) is 5.82 Å². The van der Waals surface area contributed by atoms with Crippen molar-refractivity contribution in [3.05, 3.63) is 34.1 Å². The van der Waals surface area contributed by atoms with Crippen molar-refractivity contribution in [2.75, 3.05) is 13.1 Å². The van der Waals surface area contributed by atoms with E-state index in [1.807, 2.05) is 6.07 Å². The fourth-order valence-corrected chi connectivity index (χ4v) is 2.40. The van der Waals surface area contributed by atoms with Gasteiger partial charge in [0.2, 0.25) is 0 Å². The maximum atomic E-state index is 13.6. The first-order valence-electron chi connectivity index (χ1n) is 5.49. The van der Waals surface area contributed by atoms with E-state index in [2.05, 4.69) is 20.8 Å². The van der Waals surface area contributed by atoms with E-state index in [0.717, 1.165) is 23.9 Å². The molecule has 2 nitrogen and oxygen atoms in total. The summed E-state index contributed by atoms with van der Waals surface area (Å²) in [5.74, 6) is -0.186. The SMILES string of the molecule is OC1CCCN(Cc2ccc(Br)cc2F)C1. The predicted octanol–water partition coefficient (Wildman–Crippen LogP) is 2.54. The highest BCUT2D eigenvalue weighted by Gasteiger charge is 2.18. The van der Waals surface area contributed by atoms with Crippen molar-refractivity contribution in [2.24, 2.45) is 0 Å². The smallest absolute Gasteiger partial charge is 0.128 e. The van der Waals surface area contributed by atoms with E-state index >= 15 is 0 Å². The molecule has 0 saturated carbocycles. The van der Waals surface area contributed by atoms with Gasteiger partial charge in [-0.05, 0) is 31.5 Å². The zero-order valence-corrected chi connectivity index (χ0v) is 10.6. The summed E-state index contributed by atoms with van der Waals surface area (Å²) in [4.78, 5) is 2.10. The maximum absolute atomic E-state index is 13.6. The summed E-state index contributed by atoms with van der Waals surface area (Å²) >= 11 is 3.24. The van der Waals surface area contributed by atoms with Crippen LogP contribution in [-0.4, -0.2) is 29.2 Å². The lowest BCUT2D eigenvalue weighted by molar-refractivity contribution is 0.0662. The summed E-state index contributed by atoms with van der Waals surface area (Å²) in [5, 5.41) is 9.53. The molecule has 2 rings (SSSR count). The molecule has 1 aliphatic rings. The van der Waals surface area contributed by atoms with Crippen molar-refractivity contribution in [1.82, 2.24) is 4.90 Å². The Morgan fingerprint density at radius 3 is 3.00 bits per heavy atom. The summed E-state index contributed by atoms with van der Waals surface area (Å²) in [6.45, 7) is 2.16. The number of β-amino-alcohol motifs (C(OH)–C–C–N with tert-alkyl or cyclic N) is 1. The highest BCUT2D eigenvalue weighted by molar-refractivity contribution is 9.10. The van der Waals surface area contributed by atoms with Crippen LogP contribution in [0.3, 0.4) is 0 Å². The van der Waals surface area contributed by atoms with Crippen LogP contribution in [0.2, 0.25) is 0 Å². The molecule has 1 aliphatic heterocycles. The van der Waals surface area contributed by atoms with Gasteiger partial charge in [0.1, 0.15) is 5.82 Å². The van der Waals surface area contributed by atoms with Crippen molar-refractivity contribution in [2.45, 2.75) is 25.5 Å². The minimum Gasteiger partial charge on any atom is -0.392 e. The van der Waals surface area contributed by atoms with Gasteiger partial charge in [-0.1, -0.05) is 22.0 Å². The first-order valence-corrected chi connectivity index (χ1v) is 6.29. The molecule has 4 heteroatoms. The van der Waals surface area contributed by atoms with Gasteiger partial charge in [-0.2, -0.15) is 0 Å². The Kier molecular flexibility index (Phi) is 3.95. The predicted molar refractivity (Wildman–Crippen MR) is 64.6 cm³/mol. The van der Waals surface area contributed by atoms with Gasteiger partial charge in [-0.3, -0.25) is 4.90 Å². The summed E-state index contributed by atoms with van der Waals surface area (Å²) < 4.78 is 14.3. The van der Waals surface area contributed by atoms with Gasteiger partial charge in [0.15, 0.2) is 0 Å². The average Bonchev–Trinajstić information content (AvgIpc) is 2.22. The van der Waals surface area contributed by atoms with Gasteiger partial charge in [-0.15, -0.1) is 0 Å². The number of halogens is 2. The van der Waals surface area contributed by atoms with Gasteiger partial charge in [0, 0.05) is 23.1 Å². The van der Waals surface area contributed by atoms with Gasteiger partial charge in [-0.25, -0.2) is 4.39 Å². The monoisotopic (exact) mass is 287 g/mol. The number of hydrogen-bond acceptors (Lipinski definition) is 2. The third-order valence-electron chi connectivity index (χ3n) is 2.89. The number of hydrogen-bond donors (Lipinski definition) is 1. The Morgan fingerprint density at radius 1 is 1.50 bits per heavy atom. The number of aliphatic hydroxyl groups is 1. The Morgan fingerprint density at radius 2 is 2.31 bits per heavy atom. The zero-order valence-electron chi connectivity index (χ0n) is 9.00. The van der Waals surface area contributed by atoms with Gasteiger partial charge < -0.3 is 5.11 Å². The number of nitrogens with zero attached hydrogens (tertiary/aromatic N) is 1. The molecule has 0 radical (unpaired) electrons. The molecule has 1 saturated heterocycles. The fraction of sp³-hybridized carbons (Fsp3) is 0.500. The lowest BCUT2D eigenvalue weighted by Crippen LogP contribution is -2.37. The molecule has 0 aliphatic carbocycles. The molecule has 0 aromatic heterocycles. The van der Waals surface area contributed by atoms with Crippen molar-refractivity contribution in [3.63, 3.8) is 0 Å². The van der Waals surface area contributed by atoms with Crippen molar-refractivity contribution in [3.8, 4) is 0 Å². The molecular weight excluding hydrogens is 273 g/mol. The Hall–Kier alpha value is -0.450. The van der Waals surface area contributed by atoms with E-state index in [9.17, 15) is 9.50 Å². The molecule has 1 atom stereocenters. The van der Waals surface area contributed by atoms with Crippen LogP contribution >= 0.6 is 15.9 Å². The topological polar surface area (TPSA) is 23.5 Å². The number of rotatable bonds is 2. The second-order valence-electron chi connectivity index (χ2n) is 4.27. The molecule has 1 unspecified atom stereocenters. The van der Waals surface area contributed by atoms with Gasteiger partial charge in [0.25, 0.3) is 0 Å². The second-order valence-corrected chi connectivity index (χ2v) is 5.18. The van der Waals surface area contributed by atoms with Crippen LogP contribution in [0.15, 0.2) is 22.7 Å². The molecule has 0 amide bonds. The lowest BCUT2D eigenvalue weighted by atomic mass is 10.1. The fourth-order valence-electron chi connectivity index (χ4n) is 2.07. The van der Waals surface area contributed by atoms with Crippen molar-refractivity contribution < 1.29 is 9.50 Å². The normalized spacial score (nSPS) is 22.3. The maximum Gasteiger partial charge on any atom is 0.128 e. The van der Waals surface area contributed by atoms with Crippen LogP contribution in [0.5, 0.6) is 0 Å². The Bertz CT molecular complexity index is 372. The third-order valence-corrected chi connectivity index (χ3v) is 3.38. The number of aliphatic hydroxyl groups excluding tert-OH is 1. The molecule has 1 heterocycles. The van der Waals surface area contributed by atoms with Crippen LogP contribution < -0.4 is 0 Å². The number of benzene rings is 1. The van der Waals surface area contributed by atoms with E-state index < -0.39 is 0 Å². The quantitative estimate of drug-likeness (QED) is 0.904. The molecule has 1 fully saturated rings. The highest BCUT2D eigenvalue weighted by Crippen LogP contribution is 2.19. The number of likely N-dealkylation sites (tertiary alicyclic amines) is 1. The van der Waals surface area contributed by atoms with E-state index in [-0.39, 0.29) is 11.9 Å². The van der Waals surface area contributed by atoms with Crippen LogP contribution in [0.4, 0.5) is 4.39 Å². The average molecular weight is 288 g/mol. The van der Waals surface area contributed by atoms with Crippen molar-refractivity contribution >= 4 is 15.9 Å². The molecule has 1 aromatic carbocycles. The molecule has 16 heavy (non-hydrogen) atoms. The van der Waals surface area contributed by atoms with E-state index in [0.29, 0.717) is 18.7 Å². The van der Waals surface area contributed by atoms with E-state index in [1.165, 1.54) is 6.07 Å². The molecule has 1 aromatic rings. The number of piperidine rings is 1. The van der Waals surface area contributed by atoms with E-state index in [1.54, 1.807) is 6.07 Å². The summed E-state index contributed by atoms with van der Waals surface area (Å²) in [5.41, 5.74) is 0.692. The largest absolute Gasteiger partial charge is 0.392 e. The lowest BCUT2D eigenvalue weighted by Gasteiger charge is -2.30. The summed E-state index contributed by atoms with van der Waals surface area (Å²) in [7, 11) is 0. The highest BCUT2D eigenvalue weighted by atomic mass is 79.9. The summed E-state index contributed by atoms with van der Waals surface area (Å²) in [6.07, 6.45) is 1.59. The first-order chi connectivity index (χ1) is 7.65. The minimum absolute atomic E-state index is 0.186. The minimum atomic E-state index is -0.257. The molecule has 1 N–H and O–H groups in total. The molecule has 0 spiro atoms. The molecule has 0 bridgehead atoms.